The molecule has 0 unspecified atom stereocenters. The monoisotopic (exact) mass is 338 g/mol. The van der Waals surface area contributed by atoms with E-state index >= 15 is 0 Å². The molecule has 1 aliphatic heterocycles. The van der Waals surface area contributed by atoms with Crippen molar-refractivity contribution in [2.75, 3.05) is 19.7 Å². The van der Waals surface area contributed by atoms with Crippen molar-refractivity contribution in [3.8, 4) is 5.75 Å². The zero-order valence-electron chi connectivity index (χ0n) is 14.2. The number of aromatic nitrogens is 1. The first-order valence-electron chi connectivity index (χ1n) is 8.87. The van der Waals surface area contributed by atoms with E-state index in [9.17, 15) is 4.79 Å². The molecule has 0 N–H and O–H groups in total. The van der Waals surface area contributed by atoms with Crippen LogP contribution < -0.4 is 4.74 Å². The largest absolute Gasteiger partial charge is 0.494 e. The molecule has 0 saturated carbocycles. The molecule has 0 bridgehead atoms. The molecule has 5 heteroatoms. The Hall–Kier alpha value is -2.69. The van der Waals surface area contributed by atoms with Gasteiger partial charge in [-0.2, -0.15) is 0 Å². The zero-order valence-corrected chi connectivity index (χ0v) is 14.2. The highest BCUT2D eigenvalue weighted by Gasteiger charge is 2.24. The molecule has 0 atom stereocenters. The molecular weight excluding hydrogens is 316 g/mol. The molecule has 0 radical (unpaired) electrons. The molecular formula is C20H22N2O3. The Bertz CT molecular complexity index is 844. The normalized spacial score (nSPS) is 14.3. The van der Waals surface area contributed by atoms with Crippen molar-refractivity contribution >= 4 is 17.0 Å². The van der Waals surface area contributed by atoms with Gasteiger partial charge in [0.25, 0.3) is 5.91 Å². The molecule has 0 spiro atoms. The Kier molecular flexibility index (Phi) is 4.46. The Balaban J connectivity index is 1.46. The molecule has 5 nitrogen and oxygen atoms in total. The van der Waals surface area contributed by atoms with Gasteiger partial charge in [-0.3, -0.25) is 4.79 Å². The Labute approximate surface area is 146 Å². The van der Waals surface area contributed by atoms with Crippen LogP contribution in [0.1, 0.15) is 29.8 Å². The third kappa shape index (κ3) is 3.27. The second-order valence-electron chi connectivity index (χ2n) is 6.37. The van der Waals surface area contributed by atoms with E-state index in [1.54, 1.807) is 6.26 Å². The zero-order chi connectivity index (χ0) is 17.1. The molecule has 1 amide bonds. The van der Waals surface area contributed by atoms with Crippen LogP contribution in [0.15, 0.2) is 53.1 Å². The van der Waals surface area contributed by atoms with Crippen molar-refractivity contribution in [3.63, 3.8) is 0 Å². The Morgan fingerprint density at radius 2 is 1.92 bits per heavy atom. The van der Waals surface area contributed by atoms with Gasteiger partial charge in [0.05, 0.1) is 18.4 Å². The topological polar surface area (TPSA) is 47.6 Å². The molecule has 0 aliphatic carbocycles. The van der Waals surface area contributed by atoms with E-state index in [4.69, 9.17) is 9.15 Å². The predicted molar refractivity (Wildman–Crippen MR) is 95.9 cm³/mol. The summed E-state index contributed by atoms with van der Waals surface area (Å²) in [5, 5.41) is 0. The first kappa shape index (κ1) is 15.8. The van der Waals surface area contributed by atoms with Crippen molar-refractivity contribution < 1.29 is 13.9 Å². The molecule has 25 heavy (non-hydrogen) atoms. The summed E-state index contributed by atoms with van der Waals surface area (Å²) in [6.07, 6.45) is 4.68. The number of benzene rings is 1. The minimum absolute atomic E-state index is 0.105. The minimum Gasteiger partial charge on any atom is -0.494 e. The average molecular weight is 338 g/mol. The van der Waals surface area contributed by atoms with Crippen LogP contribution in [-0.2, 0) is 6.54 Å². The van der Waals surface area contributed by atoms with Gasteiger partial charge in [-0.1, -0.05) is 18.2 Å². The minimum atomic E-state index is 0.105. The van der Waals surface area contributed by atoms with Crippen molar-refractivity contribution in [3.05, 3.63) is 54.4 Å². The van der Waals surface area contributed by atoms with Crippen LogP contribution in [-0.4, -0.2) is 35.1 Å². The van der Waals surface area contributed by atoms with E-state index in [0.29, 0.717) is 6.61 Å². The maximum Gasteiger partial charge on any atom is 0.270 e. The number of amides is 1. The van der Waals surface area contributed by atoms with Gasteiger partial charge in [-0.25, -0.2) is 0 Å². The predicted octanol–water partition coefficient (Wildman–Crippen LogP) is 3.94. The fraction of sp³-hybridized carbons (Fsp3) is 0.350. The molecule has 1 fully saturated rings. The molecule has 130 valence electrons. The quantitative estimate of drug-likeness (QED) is 0.640. The lowest BCUT2D eigenvalue weighted by molar-refractivity contribution is 0.0782. The number of carbonyl (C=O) groups excluding carboxylic acids is 1. The summed E-state index contributed by atoms with van der Waals surface area (Å²) in [5.74, 6) is 0.977. The SMILES string of the molecule is O=C(c1cc2occc2n1CCCOc1ccccc1)N1CCCC1. The van der Waals surface area contributed by atoms with E-state index < -0.39 is 0 Å². The van der Waals surface area contributed by atoms with E-state index in [0.717, 1.165) is 61.4 Å². The summed E-state index contributed by atoms with van der Waals surface area (Å²) in [6.45, 7) is 3.04. The first-order valence-corrected chi connectivity index (χ1v) is 8.87. The number of fused-ring (bicyclic) bond motifs is 1. The summed E-state index contributed by atoms with van der Waals surface area (Å²) in [6, 6.07) is 13.6. The smallest absolute Gasteiger partial charge is 0.270 e. The number of ether oxygens (including phenoxy) is 1. The van der Waals surface area contributed by atoms with Gasteiger partial charge in [-0.05, 0) is 31.4 Å². The summed E-state index contributed by atoms with van der Waals surface area (Å²) < 4.78 is 13.3. The average Bonchev–Trinajstić information content (AvgIpc) is 3.37. The van der Waals surface area contributed by atoms with Crippen molar-refractivity contribution in [2.45, 2.75) is 25.8 Å². The molecule has 3 heterocycles. The van der Waals surface area contributed by atoms with Crippen LogP contribution >= 0.6 is 0 Å². The fourth-order valence-electron chi connectivity index (χ4n) is 3.41. The molecule has 1 saturated heterocycles. The second kappa shape index (κ2) is 7.05. The number of likely N-dealkylation sites (tertiary alicyclic amines) is 1. The van der Waals surface area contributed by atoms with E-state index in [-0.39, 0.29) is 5.91 Å². The summed E-state index contributed by atoms with van der Waals surface area (Å²) >= 11 is 0. The molecule has 2 aromatic heterocycles. The second-order valence-corrected chi connectivity index (χ2v) is 6.37. The summed E-state index contributed by atoms with van der Waals surface area (Å²) in [5.41, 5.74) is 2.46. The number of hydrogen-bond acceptors (Lipinski definition) is 3. The van der Waals surface area contributed by atoms with Gasteiger partial charge in [-0.15, -0.1) is 0 Å². The highest BCUT2D eigenvalue weighted by atomic mass is 16.5. The van der Waals surface area contributed by atoms with Gasteiger partial charge in [0.15, 0.2) is 5.58 Å². The number of nitrogens with zero attached hydrogens (tertiary/aromatic N) is 2. The number of hydrogen-bond donors (Lipinski definition) is 0. The number of para-hydroxylation sites is 1. The van der Waals surface area contributed by atoms with E-state index in [1.165, 1.54) is 0 Å². The highest BCUT2D eigenvalue weighted by Crippen LogP contribution is 2.24. The van der Waals surface area contributed by atoms with E-state index in [2.05, 4.69) is 4.57 Å². The first-order chi connectivity index (χ1) is 12.3. The van der Waals surface area contributed by atoms with Crippen LogP contribution in [0.2, 0.25) is 0 Å². The summed E-state index contributed by atoms with van der Waals surface area (Å²) in [4.78, 5) is 14.8. The van der Waals surface area contributed by atoms with Crippen molar-refractivity contribution in [1.29, 1.82) is 0 Å². The number of carbonyl (C=O) groups is 1. The van der Waals surface area contributed by atoms with Crippen molar-refractivity contribution in [2.24, 2.45) is 0 Å². The third-order valence-electron chi connectivity index (χ3n) is 4.67. The van der Waals surface area contributed by atoms with Crippen LogP contribution in [0, 0.1) is 0 Å². The summed E-state index contributed by atoms with van der Waals surface area (Å²) in [7, 11) is 0. The lowest BCUT2D eigenvalue weighted by Gasteiger charge is -2.17. The highest BCUT2D eigenvalue weighted by molar-refractivity contribution is 5.97. The standard InChI is InChI=1S/C20H22N2O3/c23-20(21-10-4-5-11-21)18-15-19-17(9-14-25-19)22(18)12-6-13-24-16-7-2-1-3-8-16/h1-3,7-9,14-15H,4-6,10-13H2. The van der Waals surface area contributed by atoms with Gasteiger partial charge in [0.2, 0.25) is 0 Å². The lowest BCUT2D eigenvalue weighted by atomic mass is 10.3. The fourth-order valence-corrected chi connectivity index (χ4v) is 3.41. The molecule has 3 aromatic rings. The van der Waals surface area contributed by atoms with Gasteiger partial charge < -0.3 is 18.6 Å². The van der Waals surface area contributed by atoms with Crippen LogP contribution in [0.5, 0.6) is 5.75 Å². The van der Waals surface area contributed by atoms with Crippen LogP contribution in [0.4, 0.5) is 0 Å². The maximum absolute atomic E-state index is 12.8. The Morgan fingerprint density at radius 1 is 1.12 bits per heavy atom. The van der Waals surface area contributed by atoms with Crippen LogP contribution in [0.25, 0.3) is 11.1 Å². The number of furan rings is 1. The van der Waals surface area contributed by atoms with Gasteiger partial charge >= 0.3 is 0 Å². The maximum atomic E-state index is 12.8. The van der Waals surface area contributed by atoms with Gasteiger partial charge in [0, 0.05) is 31.8 Å². The molecule has 4 rings (SSSR count). The lowest BCUT2D eigenvalue weighted by Crippen LogP contribution is -2.29. The van der Waals surface area contributed by atoms with Crippen LogP contribution in [0.3, 0.4) is 0 Å². The van der Waals surface area contributed by atoms with E-state index in [1.807, 2.05) is 47.4 Å². The van der Waals surface area contributed by atoms with Gasteiger partial charge in [0.1, 0.15) is 11.4 Å². The third-order valence-corrected chi connectivity index (χ3v) is 4.67. The molecule has 1 aromatic carbocycles. The van der Waals surface area contributed by atoms with Crippen molar-refractivity contribution in [1.82, 2.24) is 9.47 Å². The number of rotatable bonds is 6. The Morgan fingerprint density at radius 3 is 2.72 bits per heavy atom. The molecule has 1 aliphatic rings. The number of aryl methyl sites for hydroxylation is 1.